The SMILES string of the molecule is CCN(CC)[C@@H](Cc1ccccc1Sc1ccccc1)C(=O)O. The number of hydrogen-bond acceptors (Lipinski definition) is 3. The molecule has 0 unspecified atom stereocenters. The third kappa shape index (κ3) is 4.85. The van der Waals surface area contributed by atoms with Crippen LogP contribution in [0.1, 0.15) is 19.4 Å². The maximum atomic E-state index is 11.7. The molecule has 0 spiro atoms. The first-order valence-electron chi connectivity index (χ1n) is 7.93. The van der Waals surface area contributed by atoms with E-state index in [0.717, 1.165) is 28.4 Å². The van der Waals surface area contributed by atoms with Gasteiger partial charge in [-0.05, 0) is 43.3 Å². The number of rotatable bonds is 8. The Kier molecular flexibility index (Phi) is 6.68. The van der Waals surface area contributed by atoms with Crippen LogP contribution in [0.2, 0.25) is 0 Å². The van der Waals surface area contributed by atoms with E-state index in [2.05, 4.69) is 18.2 Å². The van der Waals surface area contributed by atoms with Gasteiger partial charge in [-0.25, -0.2) is 0 Å². The van der Waals surface area contributed by atoms with Crippen LogP contribution in [0.3, 0.4) is 0 Å². The van der Waals surface area contributed by atoms with Crippen molar-refractivity contribution in [2.24, 2.45) is 0 Å². The third-order valence-electron chi connectivity index (χ3n) is 3.90. The van der Waals surface area contributed by atoms with Crippen LogP contribution in [-0.4, -0.2) is 35.1 Å². The Balaban J connectivity index is 2.23. The van der Waals surface area contributed by atoms with Crippen LogP contribution in [-0.2, 0) is 11.2 Å². The topological polar surface area (TPSA) is 40.5 Å². The van der Waals surface area contributed by atoms with Crippen LogP contribution < -0.4 is 0 Å². The van der Waals surface area contributed by atoms with E-state index in [-0.39, 0.29) is 0 Å². The molecule has 122 valence electrons. The normalized spacial score (nSPS) is 12.3. The molecule has 3 nitrogen and oxygen atoms in total. The van der Waals surface area contributed by atoms with Crippen LogP contribution >= 0.6 is 11.8 Å². The van der Waals surface area contributed by atoms with Crippen LogP contribution in [0.5, 0.6) is 0 Å². The van der Waals surface area contributed by atoms with Crippen LogP contribution in [0.25, 0.3) is 0 Å². The summed E-state index contributed by atoms with van der Waals surface area (Å²) < 4.78 is 0. The summed E-state index contributed by atoms with van der Waals surface area (Å²) in [6.45, 7) is 5.48. The second kappa shape index (κ2) is 8.75. The van der Waals surface area contributed by atoms with E-state index in [9.17, 15) is 9.90 Å². The molecule has 0 aliphatic rings. The summed E-state index contributed by atoms with van der Waals surface area (Å²) in [6.07, 6.45) is 0.521. The molecule has 2 aromatic carbocycles. The van der Waals surface area contributed by atoms with Crippen LogP contribution in [0.4, 0.5) is 0 Å². The first-order chi connectivity index (χ1) is 11.2. The minimum absolute atomic E-state index is 0.484. The summed E-state index contributed by atoms with van der Waals surface area (Å²) in [5.74, 6) is -0.756. The van der Waals surface area contributed by atoms with Gasteiger partial charge in [-0.2, -0.15) is 0 Å². The molecule has 1 atom stereocenters. The van der Waals surface area contributed by atoms with Crippen molar-refractivity contribution in [1.82, 2.24) is 4.90 Å². The quantitative estimate of drug-likeness (QED) is 0.789. The van der Waals surface area contributed by atoms with Crippen molar-refractivity contribution in [1.29, 1.82) is 0 Å². The van der Waals surface area contributed by atoms with Gasteiger partial charge in [-0.3, -0.25) is 9.69 Å². The number of aliphatic carboxylic acids is 1. The molecule has 0 aromatic heterocycles. The minimum atomic E-state index is -0.756. The van der Waals surface area contributed by atoms with Crippen molar-refractivity contribution < 1.29 is 9.90 Å². The number of carbonyl (C=O) groups is 1. The molecule has 4 heteroatoms. The van der Waals surface area contributed by atoms with E-state index in [1.807, 2.05) is 55.1 Å². The smallest absolute Gasteiger partial charge is 0.321 e. The number of likely N-dealkylation sites (N-methyl/N-ethyl adjacent to an activating group) is 1. The van der Waals surface area contributed by atoms with Gasteiger partial charge in [0.15, 0.2) is 0 Å². The second-order valence-electron chi connectivity index (χ2n) is 5.30. The van der Waals surface area contributed by atoms with Crippen molar-refractivity contribution in [3.8, 4) is 0 Å². The maximum absolute atomic E-state index is 11.7. The molecule has 0 heterocycles. The lowest BCUT2D eigenvalue weighted by molar-refractivity contribution is -0.143. The van der Waals surface area contributed by atoms with Gasteiger partial charge in [-0.15, -0.1) is 0 Å². The molecule has 0 bridgehead atoms. The molecule has 0 fully saturated rings. The van der Waals surface area contributed by atoms with Crippen molar-refractivity contribution in [3.63, 3.8) is 0 Å². The van der Waals surface area contributed by atoms with Crippen molar-refractivity contribution in [3.05, 3.63) is 60.2 Å². The average molecular weight is 329 g/mol. The van der Waals surface area contributed by atoms with Crippen molar-refractivity contribution in [2.45, 2.75) is 36.1 Å². The van der Waals surface area contributed by atoms with Gasteiger partial charge in [0.1, 0.15) is 6.04 Å². The Morgan fingerprint density at radius 2 is 1.65 bits per heavy atom. The van der Waals surface area contributed by atoms with Gasteiger partial charge in [0.05, 0.1) is 0 Å². The molecule has 2 aromatic rings. The summed E-state index contributed by atoms with van der Waals surface area (Å²) in [4.78, 5) is 16.0. The van der Waals surface area contributed by atoms with Gasteiger partial charge in [0.2, 0.25) is 0 Å². The Morgan fingerprint density at radius 1 is 1.04 bits per heavy atom. The number of nitrogens with zero attached hydrogens (tertiary/aromatic N) is 1. The zero-order valence-corrected chi connectivity index (χ0v) is 14.4. The van der Waals surface area contributed by atoms with E-state index in [1.54, 1.807) is 11.8 Å². The maximum Gasteiger partial charge on any atom is 0.321 e. The number of benzene rings is 2. The highest BCUT2D eigenvalue weighted by Gasteiger charge is 2.24. The van der Waals surface area contributed by atoms with Crippen LogP contribution in [0.15, 0.2) is 64.4 Å². The summed E-state index contributed by atoms with van der Waals surface area (Å²) in [5.41, 5.74) is 1.08. The number of carboxylic acid groups (broad SMARTS) is 1. The molecule has 0 saturated carbocycles. The molecule has 0 aliphatic heterocycles. The molecule has 0 aliphatic carbocycles. The third-order valence-corrected chi connectivity index (χ3v) is 5.02. The zero-order chi connectivity index (χ0) is 16.7. The molecule has 0 amide bonds. The van der Waals surface area contributed by atoms with Crippen LogP contribution in [0, 0.1) is 0 Å². The predicted molar refractivity (Wildman–Crippen MR) is 95.1 cm³/mol. The molecule has 0 radical (unpaired) electrons. The lowest BCUT2D eigenvalue weighted by atomic mass is 10.0. The van der Waals surface area contributed by atoms with Crippen molar-refractivity contribution >= 4 is 17.7 Å². The average Bonchev–Trinajstić information content (AvgIpc) is 2.57. The highest BCUT2D eigenvalue weighted by molar-refractivity contribution is 7.99. The summed E-state index contributed by atoms with van der Waals surface area (Å²) in [5, 5.41) is 9.60. The van der Waals surface area contributed by atoms with E-state index >= 15 is 0 Å². The Labute approximate surface area is 142 Å². The highest BCUT2D eigenvalue weighted by atomic mass is 32.2. The number of carboxylic acids is 1. The van der Waals surface area contributed by atoms with E-state index < -0.39 is 12.0 Å². The first-order valence-corrected chi connectivity index (χ1v) is 8.75. The Morgan fingerprint density at radius 3 is 2.26 bits per heavy atom. The molecule has 2 rings (SSSR count). The first kappa shape index (κ1) is 17.6. The Bertz CT molecular complexity index is 626. The molecular weight excluding hydrogens is 306 g/mol. The van der Waals surface area contributed by atoms with Gasteiger partial charge in [-0.1, -0.05) is 62.0 Å². The molecule has 0 saturated heterocycles. The zero-order valence-electron chi connectivity index (χ0n) is 13.6. The largest absolute Gasteiger partial charge is 0.480 e. The lowest BCUT2D eigenvalue weighted by Gasteiger charge is -2.26. The summed E-state index contributed by atoms with van der Waals surface area (Å²) in [7, 11) is 0. The summed E-state index contributed by atoms with van der Waals surface area (Å²) >= 11 is 1.68. The van der Waals surface area contributed by atoms with Crippen molar-refractivity contribution in [2.75, 3.05) is 13.1 Å². The monoisotopic (exact) mass is 329 g/mol. The van der Waals surface area contributed by atoms with E-state index in [1.165, 1.54) is 0 Å². The minimum Gasteiger partial charge on any atom is -0.480 e. The van der Waals surface area contributed by atoms with Gasteiger partial charge >= 0.3 is 5.97 Å². The second-order valence-corrected chi connectivity index (χ2v) is 6.42. The molecule has 23 heavy (non-hydrogen) atoms. The predicted octanol–water partition coefficient (Wildman–Crippen LogP) is 4.18. The molecular formula is C19H23NO2S. The fraction of sp³-hybridized carbons (Fsp3) is 0.316. The lowest BCUT2D eigenvalue weighted by Crippen LogP contribution is -2.42. The number of hydrogen-bond donors (Lipinski definition) is 1. The summed E-state index contributed by atoms with van der Waals surface area (Å²) in [6, 6.07) is 17.8. The standard InChI is InChI=1S/C19H23NO2S/c1-3-20(4-2)17(19(21)22)14-15-10-8-9-13-18(15)23-16-11-6-5-7-12-16/h5-13,17H,3-4,14H2,1-2H3,(H,21,22)/t17-/m0/s1. The van der Waals surface area contributed by atoms with Gasteiger partial charge < -0.3 is 5.11 Å². The van der Waals surface area contributed by atoms with Gasteiger partial charge in [0, 0.05) is 9.79 Å². The van der Waals surface area contributed by atoms with E-state index in [4.69, 9.17) is 0 Å². The molecule has 1 N–H and O–H groups in total. The highest BCUT2D eigenvalue weighted by Crippen LogP contribution is 2.31. The van der Waals surface area contributed by atoms with E-state index in [0.29, 0.717) is 6.42 Å². The fourth-order valence-corrected chi connectivity index (χ4v) is 3.61. The Hall–Kier alpha value is -1.78. The fourth-order valence-electron chi connectivity index (χ4n) is 2.63. The van der Waals surface area contributed by atoms with Gasteiger partial charge in [0.25, 0.3) is 0 Å².